The Morgan fingerprint density at radius 3 is 2.32 bits per heavy atom. The highest BCUT2D eigenvalue weighted by atomic mass is 16.7. The zero-order chi connectivity index (χ0) is 26.6. The van der Waals surface area contributed by atoms with Gasteiger partial charge < -0.3 is 34.1 Å². The zero-order valence-electron chi connectivity index (χ0n) is 21.1. The fourth-order valence-electron chi connectivity index (χ4n) is 5.85. The average Bonchev–Trinajstić information content (AvgIpc) is 3.54. The van der Waals surface area contributed by atoms with Gasteiger partial charge in [-0.05, 0) is 60.0 Å². The van der Waals surface area contributed by atoms with Gasteiger partial charge in [-0.25, -0.2) is 0 Å². The first-order chi connectivity index (χ1) is 18.4. The molecular formula is C29H27NO8. The number of methoxy groups -OCH3 is 2. The molecule has 196 valence electrons. The lowest BCUT2D eigenvalue weighted by atomic mass is 9.65. The van der Waals surface area contributed by atoms with Gasteiger partial charge in [0.2, 0.25) is 12.5 Å². The highest BCUT2D eigenvalue weighted by Gasteiger charge is 2.52. The van der Waals surface area contributed by atoms with Crippen molar-refractivity contribution in [2.75, 3.05) is 32.9 Å². The second-order valence-electron chi connectivity index (χ2n) is 9.66. The molecule has 6 rings (SSSR count). The van der Waals surface area contributed by atoms with Crippen LogP contribution in [0.1, 0.15) is 45.9 Å². The van der Waals surface area contributed by atoms with Crippen LogP contribution in [0.2, 0.25) is 0 Å². The summed E-state index contributed by atoms with van der Waals surface area (Å²) in [6.45, 7) is 1.86. The molecule has 2 heterocycles. The average molecular weight is 518 g/mol. The molecule has 0 spiro atoms. The van der Waals surface area contributed by atoms with Gasteiger partial charge in [-0.3, -0.25) is 9.59 Å². The number of anilines is 1. The Kier molecular flexibility index (Phi) is 5.78. The number of phenolic OH excluding ortho intramolecular Hbond substituents is 1. The summed E-state index contributed by atoms with van der Waals surface area (Å²) in [7, 11) is 2.93. The summed E-state index contributed by atoms with van der Waals surface area (Å²) in [5, 5.41) is 14.1. The topological polar surface area (TPSA) is 113 Å². The van der Waals surface area contributed by atoms with Gasteiger partial charge in [-0.2, -0.15) is 0 Å². The predicted octanol–water partition coefficient (Wildman–Crippen LogP) is 4.43. The lowest BCUT2D eigenvalue weighted by molar-refractivity contribution is -0.141. The highest BCUT2D eigenvalue weighted by molar-refractivity contribution is 5.95. The van der Waals surface area contributed by atoms with Gasteiger partial charge in [-0.15, -0.1) is 0 Å². The number of hydrogen-bond donors (Lipinski definition) is 2. The molecule has 2 N–H and O–H groups in total. The number of fused-ring (bicyclic) bond motifs is 3. The number of rotatable bonds is 6. The third kappa shape index (κ3) is 3.77. The number of carbonyl (C=O) groups is 2. The Morgan fingerprint density at radius 1 is 0.974 bits per heavy atom. The fourth-order valence-corrected chi connectivity index (χ4v) is 5.85. The Bertz CT molecular complexity index is 1430. The minimum Gasteiger partial charge on any atom is -0.502 e. The highest BCUT2D eigenvalue weighted by Crippen LogP contribution is 2.56. The SMILES string of the molecule is COc1cc(C2c3cc4c(cc3[C@@H](Nc3cccc(C(C)=O)c3)C3COC(=O)[C@H]23)OCO4)cc(OC)c1O. The van der Waals surface area contributed by atoms with E-state index in [1.54, 1.807) is 18.2 Å². The Balaban J connectivity index is 1.54. The van der Waals surface area contributed by atoms with Crippen molar-refractivity contribution in [1.82, 2.24) is 0 Å². The maximum atomic E-state index is 13.3. The van der Waals surface area contributed by atoms with Crippen molar-refractivity contribution in [1.29, 1.82) is 0 Å². The number of carbonyl (C=O) groups excluding carboxylic acids is 2. The summed E-state index contributed by atoms with van der Waals surface area (Å²) in [6, 6.07) is 14.3. The molecule has 3 aromatic rings. The van der Waals surface area contributed by atoms with E-state index in [1.807, 2.05) is 30.3 Å². The van der Waals surface area contributed by atoms with Crippen molar-refractivity contribution in [3.63, 3.8) is 0 Å². The number of esters is 1. The Morgan fingerprint density at radius 2 is 1.66 bits per heavy atom. The summed E-state index contributed by atoms with van der Waals surface area (Å²) in [4.78, 5) is 25.3. The van der Waals surface area contributed by atoms with E-state index in [0.29, 0.717) is 17.1 Å². The number of aromatic hydroxyl groups is 1. The van der Waals surface area contributed by atoms with Gasteiger partial charge in [0.15, 0.2) is 28.8 Å². The van der Waals surface area contributed by atoms with Crippen LogP contribution in [-0.4, -0.2) is 44.5 Å². The maximum Gasteiger partial charge on any atom is 0.310 e. The summed E-state index contributed by atoms with van der Waals surface area (Å²) in [5.41, 5.74) is 3.88. The normalized spacial score (nSPS) is 22.8. The minimum atomic E-state index is -0.532. The molecule has 9 nitrogen and oxygen atoms in total. The van der Waals surface area contributed by atoms with E-state index < -0.39 is 11.8 Å². The van der Waals surface area contributed by atoms with Gasteiger partial charge >= 0.3 is 5.97 Å². The van der Waals surface area contributed by atoms with Gasteiger partial charge in [0, 0.05) is 23.1 Å². The van der Waals surface area contributed by atoms with Crippen LogP contribution in [0, 0.1) is 11.8 Å². The van der Waals surface area contributed by atoms with Gasteiger partial charge in [0.05, 0.1) is 32.8 Å². The van der Waals surface area contributed by atoms with E-state index in [2.05, 4.69) is 5.32 Å². The standard InChI is InChI=1S/C29H27NO8/c1-14(31)15-5-4-6-17(7-15)30-27-19-11-22-21(37-13-38-22)10-18(19)25(26-20(27)12-36-29(26)33)16-8-23(34-2)28(32)24(9-16)35-3/h4-11,20,25-27,30,32H,12-13H2,1-3H3/t20?,25?,26-,27+/m0/s1. The van der Waals surface area contributed by atoms with Gasteiger partial charge in [0.1, 0.15) is 0 Å². The lowest BCUT2D eigenvalue weighted by Crippen LogP contribution is -2.37. The summed E-state index contributed by atoms with van der Waals surface area (Å²) in [5.74, 6) is 0.0525. The molecule has 0 radical (unpaired) electrons. The van der Waals surface area contributed by atoms with Crippen LogP contribution in [-0.2, 0) is 9.53 Å². The molecule has 3 aliphatic rings. The summed E-state index contributed by atoms with van der Waals surface area (Å²) in [6.07, 6.45) is 0. The molecule has 4 atom stereocenters. The van der Waals surface area contributed by atoms with Crippen molar-refractivity contribution in [3.8, 4) is 28.7 Å². The minimum absolute atomic E-state index is 0.0337. The van der Waals surface area contributed by atoms with Crippen LogP contribution in [0.25, 0.3) is 0 Å². The van der Waals surface area contributed by atoms with Crippen LogP contribution in [0.4, 0.5) is 5.69 Å². The predicted molar refractivity (Wildman–Crippen MR) is 136 cm³/mol. The van der Waals surface area contributed by atoms with Crippen LogP contribution in [0.3, 0.4) is 0 Å². The number of ether oxygens (including phenoxy) is 5. The third-order valence-corrected chi connectivity index (χ3v) is 7.64. The molecule has 0 bridgehead atoms. The van der Waals surface area contributed by atoms with Crippen LogP contribution in [0.15, 0.2) is 48.5 Å². The number of Topliss-reactive ketones (excluding diaryl/α,β-unsaturated/α-hetero) is 1. The lowest BCUT2D eigenvalue weighted by Gasteiger charge is -2.40. The number of ketones is 1. The van der Waals surface area contributed by atoms with E-state index in [4.69, 9.17) is 23.7 Å². The Hall–Kier alpha value is -4.40. The van der Waals surface area contributed by atoms with E-state index >= 15 is 0 Å². The second kappa shape index (κ2) is 9.16. The molecule has 1 fully saturated rings. The Labute approximate surface area is 219 Å². The molecule has 0 amide bonds. The zero-order valence-corrected chi connectivity index (χ0v) is 21.1. The first-order valence-corrected chi connectivity index (χ1v) is 12.3. The molecule has 2 unspecified atom stereocenters. The van der Waals surface area contributed by atoms with E-state index in [0.717, 1.165) is 22.4 Å². The smallest absolute Gasteiger partial charge is 0.310 e. The second-order valence-corrected chi connectivity index (χ2v) is 9.66. The maximum absolute atomic E-state index is 13.3. The molecular weight excluding hydrogens is 490 g/mol. The van der Waals surface area contributed by atoms with Crippen molar-refractivity contribution in [2.24, 2.45) is 11.8 Å². The van der Waals surface area contributed by atoms with E-state index in [1.165, 1.54) is 21.1 Å². The summed E-state index contributed by atoms with van der Waals surface area (Å²) < 4.78 is 27.9. The van der Waals surface area contributed by atoms with Crippen molar-refractivity contribution in [2.45, 2.75) is 18.9 Å². The molecule has 38 heavy (non-hydrogen) atoms. The molecule has 1 saturated heterocycles. The quantitative estimate of drug-likeness (QED) is 0.362. The molecule has 2 aliphatic heterocycles. The largest absolute Gasteiger partial charge is 0.502 e. The monoisotopic (exact) mass is 517 g/mol. The molecule has 3 aromatic carbocycles. The third-order valence-electron chi connectivity index (χ3n) is 7.64. The van der Waals surface area contributed by atoms with Crippen LogP contribution < -0.4 is 24.3 Å². The first kappa shape index (κ1) is 24.0. The van der Waals surface area contributed by atoms with Gasteiger partial charge in [0.25, 0.3) is 0 Å². The van der Waals surface area contributed by atoms with E-state index in [-0.39, 0.29) is 54.4 Å². The summed E-state index contributed by atoms with van der Waals surface area (Å²) >= 11 is 0. The number of nitrogens with one attached hydrogen (secondary N) is 1. The fraction of sp³-hybridized carbons (Fsp3) is 0.310. The van der Waals surface area contributed by atoms with E-state index in [9.17, 15) is 14.7 Å². The van der Waals surface area contributed by atoms with Crippen LogP contribution >= 0.6 is 0 Å². The molecule has 0 aromatic heterocycles. The number of phenols is 1. The van der Waals surface area contributed by atoms with Crippen LogP contribution in [0.5, 0.6) is 28.7 Å². The first-order valence-electron chi connectivity index (χ1n) is 12.3. The number of hydrogen-bond acceptors (Lipinski definition) is 9. The number of cyclic esters (lactones) is 1. The molecule has 1 aliphatic carbocycles. The molecule has 0 saturated carbocycles. The van der Waals surface area contributed by atoms with Crippen molar-refractivity contribution < 1.29 is 38.4 Å². The van der Waals surface area contributed by atoms with Crippen molar-refractivity contribution >= 4 is 17.4 Å². The van der Waals surface area contributed by atoms with Gasteiger partial charge in [-0.1, -0.05) is 12.1 Å². The van der Waals surface area contributed by atoms with Crippen molar-refractivity contribution in [3.05, 3.63) is 70.8 Å². The number of benzene rings is 3. The molecule has 9 heteroatoms.